The second-order valence-electron chi connectivity index (χ2n) is 2.02. The van der Waals surface area contributed by atoms with E-state index in [4.69, 9.17) is 9.90 Å². The van der Waals surface area contributed by atoms with Crippen LogP contribution in [-0.2, 0) is 0 Å². The Morgan fingerprint density at radius 3 is 1.88 bits per heavy atom. The van der Waals surface area contributed by atoms with Gasteiger partial charge in [-0.1, -0.05) is 19.8 Å². The van der Waals surface area contributed by atoms with Gasteiger partial charge in [-0.2, -0.15) is 0 Å². The van der Waals surface area contributed by atoms with Crippen LogP contribution in [0.15, 0.2) is 0 Å². The van der Waals surface area contributed by atoms with Gasteiger partial charge in [0.05, 0.1) is 0 Å². The summed E-state index contributed by atoms with van der Waals surface area (Å²) in [5.74, 6) is 1.08. The molecule has 0 aromatic rings. The van der Waals surface area contributed by atoms with E-state index in [0.717, 1.165) is 5.92 Å². The van der Waals surface area contributed by atoms with Gasteiger partial charge in [0.1, 0.15) is 0 Å². The van der Waals surface area contributed by atoms with Crippen molar-refractivity contribution in [3.05, 3.63) is 0 Å². The van der Waals surface area contributed by atoms with Crippen LogP contribution in [0.2, 0.25) is 0 Å². The zero-order valence-electron chi connectivity index (χ0n) is 4.92. The van der Waals surface area contributed by atoms with Crippen LogP contribution in [0.1, 0.15) is 19.8 Å². The van der Waals surface area contributed by atoms with Gasteiger partial charge in [0.2, 0.25) is 0 Å². The summed E-state index contributed by atoms with van der Waals surface area (Å²) < 4.78 is 0. The normalized spacial score (nSPS) is 16.1. The Hall–Kier alpha value is -0.730. The third-order valence-corrected chi connectivity index (χ3v) is 0.866. The number of hydrogen-bond acceptors (Lipinski definition) is 1. The molecule has 0 aromatic heterocycles. The standard InChI is InChI=1S/C4H8.CH3NO2/c1-4-2-3-4;2-1(3)4/h4H,2-3H2,1H3;2H2,(H,3,4). The molecule has 0 saturated heterocycles. The molecule has 0 aromatic carbocycles. The number of amides is 1. The second kappa shape index (κ2) is 3.29. The maximum absolute atomic E-state index is 8.78. The van der Waals surface area contributed by atoms with Crippen LogP contribution in [0.5, 0.6) is 0 Å². The molecule has 1 rings (SSSR count). The van der Waals surface area contributed by atoms with Gasteiger partial charge in [0, 0.05) is 0 Å². The fourth-order valence-electron chi connectivity index (χ4n) is 0.167. The molecule has 1 amide bonds. The van der Waals surface area contributed by atoms with Crippen LogP contribution in [0.3, 0.4) is 0 Å². The van der Waals surface area contributed by atoms with E-state index in [2.05, 4.69) is 12.7 Å². The minimum atomic E-state index is -1.33. The molecular weight excluding hydrogens is 106 g/mol. The molecule has 3 nitrogen and oxygen atoms in total. The minimum Gasteiger partial charge on any atom is -0.465 e. The first-order valence-electron chi connectivity index (χ1n) is 2.61. The van der Waals surface area contributed by atoms with Crippen molar-refractivity contribution in [3.63, 3.8) is 0 Å². The highest BCUT2D eigenvalue weighted by atomic mass is 16.4. The lowest BCUT2D eigenvalue weighted by atomic mass is 10.5. The van der Waals surface area contributed by atoms with E-state index in [0.29, 0.717) is 0 Å². The van der Waals surface area contributed by atoms with Gasteiger partial charge in [-0.15, -0.1) is 0 Å². The van der Waals surface area contributed by atoms with E-state index in [9.17, 15) is 0 Å². The van der Waals surface area contributed by atoms with Crippen LogP contribution in [-0.4, -0.2) is 11.2 Å². The highest BCUT2D eigenvalue weighted by molar-refractivity contribution is 5.61. The van der Waals surface area contributed by atoms with Crippen LogP contribution in [0, 0.1) is 5.92 Å². The lowest BCUT2D eigenvalue weighted by Crippen LogP contribution is -2.03. The Kier molecular flexibility index (Phi) is 2.99. The zero-order valence-corrected chi connectivity index (χ0v) is 4.92. The van der Waals surface area contributed by atoms with Crippen molar-refractivity contribution in [2.75, 3.05) is 0 Å². The molecule has 0 radical (unpaired) electrons. The number of carbonyl (C=O) groups is 1. The van der Waals surface area contributed by atoms with Gasteiger partial charge in [-0.25, -0.2) is 4.79 Å². The third kappa shape index (κ3) is 18.6. The summed E-state index contributed by atoms with van der Waals surface area (Å²) in [6.45, 7) is 2.28. The number of hydrogen-bond donors (Lipinski definition) is 2. The maximum Gasteiger partial charge on any atom is 0.402 e. The zero-order chi connectivity index (χ0) is 6.57. The quantitative estimate of drug-likeness (QED) is 0.498. The molecule has 1 saturated carbocycles. The van der Waals surface area contributed by atoms with E-state index in [1.54, 1.807) is 0 Å². The highest BCUT2D eigenvalue weighted by Crippen LogP contribution is 2.26. The lowest BCUT2D eigenvalue weighted by molar-refractivity contribution is 0.205. The highest BCUT2D eigenvalue weighted by Gasteiger charge is 2.12. The number of nitrogens with two attached hydrogens (primary N) is 1. The Morgan fingerprint density at radius 2 is 1.88 bits per heavy atom. The number of primary amides is 1. The first-order valence-corrected chi connectivity index (χ1v) is 2.61. The van der Waals surface area contributed by atoms with E-state index in [1.807, 2.05) is 0 Å². The molecule has 0 heterocycles. The van der Waals surface area contributed by atoms with E-state index in [-0.39, 0.29) is 0 Å². The van der Waals surface area contributed by atoms with Crippen LogP contribution in [0.25, 0.3) is 0 Å². The summed E-state index contributed by atoms with van der Waals surface area (Å²) in [7, 11) is 0. The summed E-state index contributed by atoms with van der Waals surface area (Å²) in [4.78, 5) is 8.78. The summed E-state index contributed by atoms with van der Waals surface area (Å²) in [6, 6.07) is 0. The summed E-state index contributed by atoms with van der Waals surface area (Å²) in [6.07, 6.45) is 1.64. The summed E-state index contributed by atoms with van der Waals surface area (Å²) in [5.41, 5.74) is 4.03. The van der Waals surface area contributed by atoms with Gasteiger partial charge in [-0.3, -0.25) is 0 Å². The largest absolute Gasteiger partial charge is 0.465 e. The smallest absolute Gasteiger partial charge is 0.402 e. The van der Waals surface area contributed by atoms with Gasteiger partial charge in [0.25, 0.3) is 0 Å². The number of carboxylic acid groups (broad SMARTS) is 1. The maximum atomic E-state index is 8.78. The fourth-order valence-corrected chi connectivity index (χ4v) is 0.167. The predicted octanol–water partition coefficient (Wildman–Crippen LogP) is 1.04. The van der Waals surface area contributed by atoms with Crippen molar-refractivity contribution in [1.82, 2.24) is 0 Å². The lowest BCUT2D eigenvalue weighted by Gasteiger charge is -1.61. The van der Waals surface area contributed by atoms with E-state index in [1.165, 1.54) is 12.8 Å². The van der Waals surface area contributed by atoms with Gasteiger partial charge >= 0.3 is 6.09 Å². The molecule has 3 heteroatoms. The van der Waals surface area contributed by atoms with Crippen molar-refractivity contribution < 1.29 is 9.90 Å². The Bertz CT molecular complexity index is 74.5. The van der Waals surface area contributed by atoms with Crippen molar-refractivity contribution in [3.8, 4) is 0 Å². The monoisotopic (exact) mass is 117 g/mol. The van der Waals surface area contributed by atoms with Crippen molar-refractivity contribution in [1.29, 1.82) is 0 Å². The molecule has 0 bridgehead atoms. The van der Waals surface area contributed by atoms with Crippen LogP contribution in [0.4, 0.5) is 4.79 Å². The summed E-state index contributed by atoms with van der Waals surface area (Å²) in [5, 5.41) is 7.19. The molecule has 0 aliphatic heterocycles. The SMILES string of the molecule is CC1CC1.NC(=O)O. The molecule has 8 heavy (non-hydrogen) atoms. The first kappa shape index (κ1) is 7.27. The Balaban J connectivity index is 0.000000122. The Morgan fingerprint density at radius 1 is 1.75 bits per heavy atom. The van der Waals surface area contributed by atoms with Gasteiger partial charge in [0.15, 0.2) is 0 Å². The van der Waals surface area contributed by atoms with Crippen molar-refractivity contribution >= 4 is 6.09 Å². The van der Waals surface area contributed by atoms with Crippen molar-refractivity contribution in [2.24, 2.45) is 11.7 Å². The Labute approximate surface area is 48.5 Å². The minimum absolute atomic E-state index is 1.08. The fraction of sp³-hybridized carbons (Fsp3) is 0.800. The van der Waals surface area contributed by atoms with Crippen molar-refractivity contribution in [2.45, 2.75) is 19.8 Å². The second-order valence-corrected chi connectivity index (χ2v) is 2.02. The number of rotatable bonds is 0. The molecule has 3 N–H and O–H groups in total. The molecule has 1 fully saturated rings. The van der Waals surface area contributed by atoms with E-state index >= 15 is 0 Å². The third-order valence-electron chi connectivity index (χ3n) is 0.866. The predicted molar refractivity (Wildman–Crippen MR) is 30.6 cm³/mol. The average molecular weight is 117 g/mol. The van der Waals surface area contributed by atoms with Crippen LogP contribution >= 0.6 is 0 Å². The molecule has 0 unspecified atom stereocenters. The molecule has 48 valence electrons. The molecule has 0 spiro atoms. The van der Waals surface area contributed by atoms with Crippen LogP contribution < -0.4 is 5.73 Å². The molecular formula is C5H11NO2. The molecule has 1 aliphatic carbocycles. The topological polar surface area (TPSA) is 63.3 Å². The molecule has 0 atom stereocenters. The van der Waals surface area contributed by atoms with Gasteiger partial charge < -0.3 is 10.8 Å². The molecule has 1 aliphatic rings. The summed E-state index contributed by atoms with van der Waals surface area (Å²) >= 11 is 0. The van der Waals surface area contributed by atoms with Gasteiger partial charge in [-0.05, 0) is 5.92 Å². The average Bonchev–Trinajstić information content (AvgIpc) is 2.19. The van der Waals surface area contributed by atoms with E-state index < -0.39 is 6.09 Å². The first-order chi connectivity index (χ1) is 3.63.